The molecule has 0 aliphatic rings. The van der Waals surface area contributed by atoms with Crippen LogP contribution < -0.4 is 10.9 Å². The minimum Gasteiger partial charge on any atom is -0.352 e. The molecule has 1 amide bonds. The van der Waals surface area contributed by atoms with Gasteiger partial charge in [-0.2, -0.15) is 0 Å². The number of nitrogens with zero attached hydrogens (tertiary/aromatic N) is 2. The number of nitrogens with one attached hydrogen (secondary N) is 1. The van der Waals surface area contributed by atoms with Crippen molar-refractivity contribution in [3.63, 3.8) is 0 Å². The van der Waals surface area contributed by atoms with Crippen LogP contribution in [0.4, 0.5) is 0 Å². The number of para-hydroxylation sites is 1. The van der Waals surface area contributed by atoms with Gasteiger partial charge in [0.25, 0.3) is 5.56 Å². The Morgan fingerprint density at radius 1 is 1.22 bits per heavy atom. The van der Waals surface area contributed by atoms with Crippen molar-refractivity contribution in [2.45, 2.75) is 18.6 Å². The number of aryl methyl sites for hydroxylation is 1. The van der Waals surface area contributed by atoms with Crippen molar-refractivity contribution in [3.8, 4) is 0 Å². The molecule has 1 heterocycles. The van der Waals surface area contributed by atoms with Crippen LogP contribution in [0, 0.1) is 6.92 Å². The van der Waals surface area contributed by atoms with Gasteiger partial charge in [-0.3, -0.25) is 14.2 Å². The highest BCUT2D eigenvalue weighted by Crippen LogP contribution is 2.19. The largest absolute Gasteiger partial charge is 0.352 e. The van der Waals surface area contributed by atoms with E-state index in [1.807, 2.05) is 49.4 Å². The Kier molecular flexibility index (Phi) is 6.08. The minimum absolute atomic E-state index is 0.102. The van der Waals surface area contributed by atoms with Gasteiger partial charge in [-0.1, -0.05) is 59.8 Å². The predicted molar refractivity (Wildman–Crippen MR) is 110 cm³/mol. The van der Waals surface area contributed by atoms with Gasteiger partial charge < -0.3 is 5.32 Å². The summed E-state index contributed by atoms with van der Waals surface area (Å²) < 4.78 is 1.64. The predicted octanol–water partition coefficient (Wildman–Crippen LogP) is 3.15. The van der Waals surface area contributed by atoms with Gasteiger partial charge in [0.1, 0.15) is 0 Å². The third-order valence-electron chi connectivity index (χ3n) is 4.06. The van der Waals surface area contributed by atoms with Gasteiger partial charge in [0, 0.05) is 6.54 Å². The van der Waals surface area contributed by atoms with Crippen LogP contribution >= 0.6 is 11.8 Å². The number of thioether (sulfide) groups is 1. The highest BCUT2D eigenvalue weighted by atomic mass is 32.2. The SMILES string of the molecule is C=CCNC(=O)CSc1nc2ccccc2c(=O)n1Cc1ccc(C)cc1. The molecule has 0 spiro atoms. The quantitative estimate of drug-likeness (QED) is 0.389. The molecular weight excluding hydrogens is 358 g/mol. The van der Waals surface area contributed by atoms with Crippen molar-refractivity contribution < 1.29 is 4.79 Å². The fraction of sp³-hybridized carbons (Fsp3) is 0.190. The topological polar surface area (TPSA) is 64.0 Å². The first-order valence-corrected chi connectivity index (χ1v) is 9.62. The van der Waals surface area contributed by atoms with Gasteiger partial charge in [-0.15, -0.1) is 6.58 Å². The molecule has 0 unspecified atom stereocenters. The number of hydrogen-bond donors (Lipinski definition) is 1. The highest BCUT2D eigenvalue weighted by Gasteiger charge is 2.13. The van der Waals surface area contributed by atoms with E-state index < -0.39 is 0 Å². The molecule has 0 radical (unpaired) electrons. The Bertz CT molecular complexity index is 1030. The van der Waals surface area contributed by atoms with E-state index in [0.717, 1.165) is 11.1 Å². The van der Waals surface area contributed by atoms with Crippen molar-refractivity contribution in [1.82, 2.24) is 14.9 Å². The van der Waals surface area contributed by atoms with Crippen LogP contribution in [0.5, 0.6) is 0 Å². The number of carbonyl (C=O) groups is 1. The molecule has 0 fully saturated rings. The van der Waals surface area contributed by atoms with Crippen molar-refractivity contribution in [2.24, 2.45) is 0 Å². The minimum atomic E-state index is -0.121. The number of fused-ring (bicyclic) bond motifs is 1. The average Bonchev–Trinajstić information content (AvgIpc) is 2.68. The van der Waals surface area contributed by atoms with Crippen LogP contribution in [0.25, 0.3) is 10.9 Å². The average molecular weight is 379 g/mol. The van der Waals surface area contributed by atoms with E-state index in [-0.39, 0.29) is 17.2 Å². The second-order valence-electron chi connectivity index (χ2n) is 6.17. The molecule has 0 aliphatic heterocycles. The summed E-state index contributed by atoms with van der Waals surface area (Å²) in [5, 5.41) is 3.85. The van der Waals surface area contributed by atoms with Crippen LogP contribution in [0.2, 0.25) is 0 Å². The summed E-state index contributed by atoms with van der Waals surface area (Å²) in [6.45, 7) is 6.44. The van der Waals surface area contributed by atoms with Crippen molar-refractivity contribution >= 4 is 28.6 Å². The Hall–Kier alpha value is -2.86. The maximum atomic E-state index is 13.0. The van der Waals surface area contributed by atoms with E-state index in [0.29, 0.717) is 29.1 Å². The number of aromatic nitrogens is 2. The van der Waals surface area contributed by atoms with Crippen LogP contribution in [0.3, 0.4) is 0 Å². The Labute approximate surface area is 162 Å². The molecule has 3 aromatic rings. The zero-order valence-corrected chi connectivity index (χ0v) is 16.0. The summed E-state index contributed by atoms with van der Waals surface area (Å²) in [5.41, 5.74) is 2.71. The number of amides is 1. The molecule has 1 N–H and O–H groups in total. The molecule has 1 aromatic heterocycles. The molecule has 0 aliphatic carbocycles. The van der Waals surface area contributed by atoms with Crippen molar-refractivity contribution in [1.29, 1.82) is 0 Å². The first-order chi connectivity index (χ1) is 13.1. The summed E-state index contributed by atoms with van der Waals surface area (Å²) in [5.74, 6) is 0.0659. The maximum absolute atomic E-state index is 13.0. The molecule has 0 saturated carbocycles. The van der Waals surface area contributed by atoms with Crippen LogP contribution in [0.1, 0.15) is 11.1 Å². The lowest BCUT2D eigenvalue weighted by molar-refractivity contribution is -0.118. The van der Waals surface area contributed by atoms with E-state index in [1.54, 1.807) is 16.7 Å². The first-order valence-electron chi connectivity index (χ1n) is 8.64. The Balaban J connectivity index is 1.96. The summed E-state index contributed by atoms with van der Waals surface area (Å²) >= 11 is 1.26. The van der Waals surface area contributed by atoms with Crippen LogP contribution in [0.15, 0.2) is 71.1 Å². The van der Waals surface area contributed by atoms with E-state index in [4.69, 9.17) is 0 Å². The normalized spacial score (nSPS) is 10.7. The van der Waals surface area contributed by atoms with Gasteiger partial charge >= 0.3 is 0 Å². The third-order valence-corrected chi connectivity index (χ3v) is 5.04. The van der Waals surface area contributed by atoms with Crippen LogP contribution in [-0.2, 0) is 11.3 Å². The summed E-state index contributed by atoms with van der Waals surface area (Å²) in [7, 11) is 0. The molecule has 27 heavy (non-hydrogen) atoms. The van der Waals surface area contributed by atoms with Gasteiger partial charge in [0.15, 0.2) is 5.16 Å². The number of hydrogen-bond acceptors (Lipinski definition) is 4. The van der Waals surface area contributed by atoms with E-state index >= 15 is 0 Å². The molecule has 2 aromatic carbocycles. The van der Waals surface area contributed by atoms with Gasteiger partial charge in [0.2, 0.25) is 5.91 Å². The lowest BCUT2D eigenvalue weighted by atomic mass is 10.1. The van der Waals surface area contributed by atoms with Crippen molar-refractivity contribution in [3.05, 3.63) is 82.7 Å². The zero-order chi connectivity index (χ0) is 19.2. The Morgan fingerprint density at radius 3 is 2.70 bits per heavy atom. The van der Waals surface area contributed by atoms with Gasteiger partial charge in [-0.05, 0) is 24.6 Å². The fourth-order valence-electron chi connectivity index (χ4n) is 2.64. The molecule has 3 rings (SSSR count). The summed E-state index contributed by atoms with van der Waals surface area (Å²) in [6, 6.07) is 15.3. The monoisotopic (exact) mass is 379 g/mol. The first kappa shape index (κ1) is 18.9. The summed E-state index contributed by atoms with van der Waals surface area (Å²) in [4.78, 5) is 29.6. The molecule has 0 saturated heterocycles. The van der Waals surface area contributed by atoms with Gasteiger partial charge in [-0.25, -0.2) is 4.98 Å². The summed E-state index contributed by atoms with van der Waals surface area (Å²) in [6.07, 6.45) is 1.63. The number of carbonyl (C=O) groups excluding carboxylic acids is 1. The molecule has 0 atom stereocenters. The van der Waals surface area contributed by atoms with E-state index in [2.05, 4.69) is 16.9 Å². The smallest absolute Gasteiger partial charge is 0.262 e. The molecule has 0 bridgehead atoms. The zero-order valence-electron chi connectivity index (χ0n) is 15.1. The van der Waals surface area contributed by atoms with Gasteiger partial charge in [0.05, 0.1) is 23.2 Å². The standard InChI is InChI=1S/C21H21N3O2S/c1-3-12-22-19(25)14-27-21-23-18-7-5-4-6-17(18)20(26)24(21)13-16-10-8-15(2)9-11-16/h3-11H,1,12-14H2,2H3,(H,22,25). The van der Waals surface area contributed by atoms with Crippen LogP contribution in [-0.4, -0.2) is 27.8 Å². The fourth-order valence-corrected chi connectivity index (χ4v) is 3.47. The lowest BCUT2D eigenvalue weighted by Crippen LogP contribution is -2.27. The third kappa shape index (κ3) is 4.65. The molecule has 138 valence electrons. The van der Waals surface area contributed by atoms with E-state index in [1.165, 1.54) is 11.8 Å². The highest BCUT2D eigenvalue weighted by molar-refractivity contribution is 7.99. The molecule has 6 heteroatoms. The lowest BCUT2D eigenvalue weighted by Gasteiger charge is -2.13. The Morgan fingerprint density at radius 2 is 1.96 bits per heavy atom. The molecular formula is C21H21N3O2S. The van der Waals surface area contributed by atoms with Crippen molar-refractivity contribution in [2.75, 3.05) is 12.3 Å². The number of benzene rings is 2. The number of rotatable bonds is 7. The van der Waals surface area contributed by atoms with E-state index in [9.17, 15) is 9.59 Å². The maximum Gasteiger partial charge on any atom is 0.262 e. The molecule has 5 nitrogen and oxygen atoms in total. The second-order valence-corrected chi connectivity index (χ2v) is 7.11. The second kappa shape index (κ2) is 8.68.